The van der Waals surface area contributed by atoms with Crippen molar-refractivity contribution in [2.75, 3.05) is 32.1 Å². The normalized spacial score (nSPS) is 20.7. The fraction of sp³-hybridized carbons (Fsp3) is 0.444. The van der Waals surface area contributed by atoms with E-state index in [0.29, 0.717) is 13.1 Å². The molecule has 0 amide bonds. The number of H-pyrrole nitrogens is 1. The van der Waals surface area contributed by atoms with Gasteiger partial charge in [-0.2, -0.15) is 11.8 Å². The highest BCUT2D eigenvalue weighted by Gasteiger charge is 2.31. The molecule has 3 N–H and O–H groups in total. The van der Waals surface area contributed by atoms with Gasteiger partial charge in [-0.05, 0) is 17.7 Å². The minimum atomic E-state index is -0.632. The highest BCUT2D eigenvalue weighted by atomic mass is 32.2. The number of guanidine groups is 1. The lowest BCUT2D eigenvalue weighted by atomic mass is 10.0. The van der Waals surface area contributed by atoms with Crippen molar-refractivity contribution in [3.05, 3.63) is 42.4 Å². The number of hydrogen-bond acceptors (Lipinski definition) is 4. The van der Waals surface area contributed by atoms with E-state index in [2.05, 4.69) is 32.4 Å². The van der Waals surface area contributed by atoms with Gasteiger partial charge < -0.3 is 20.3 Å². The summed E-state index contributed by atoms with van der Waals surface area (Å²) in [7, 11) is 3.72. The monoisotopic (exact) mass is 359 g/mol. The van der Waals surface area contributed by atoms with Gasteiger partial charge >= 0.3 is 0 Å². The lowest BCUT2D eigenvalue weighted by molar-refractivity contribution is 0.0718. The zero-order valence-corrected chi connectivity index (χ0v) is 15.5. The predicted octanol–water partition coefficient (Wildman–Crippen LogP) is 1.95. The Morgan fingerprint density at radius 3 is 2.92 bits per heavy atom. The standard InChI is InChI=1S/C18H25N5OS/c1-19-17(21-12-18(24)8-9-25-13-18)23(2)11-16-20-10-15(22-16)14-6-4-3-5-7-14/h3-7,10,24H,8-9,11-13H2,1-2H3,(H,19,21)(H,20,22). The van der Waals surface area contributed by atoms with Crippen LogP contribution in [0.25, 0.3) is 11.3 Å². The Kier molecular flexibility index (Phi) is 5.65. The molecule has 1 atom stereocenters. The summed E-state index contributed by atoms with van der Waals surface area (Å²) in [5.41, 5.74) is 1.49. The van der Waals surface area contributed by atoms with Gasteiger partial charge in [0.25, 0.3) is 0 Å². The second-order valence-corrected chi connectivity index (χ2v) is 7.50. The van der Waals surface area contributed by atoms with E-state index in [1.54, 1.807) is 18.8 Å². The van der Waals surface area contributed by atoms with Crippen LogP contribution < -0.4 is 5.32 Å². The van der Waals surface area contributed by atoms with Crippen LogP contribution in [0.3, 0.4) is 0 Å². The van der Waals surface area contributed by atoms with Crippen molar-refractivity contribution in [1.82, 2.24) is 20.2 Å². The number of thioether (sulfide) groups is 1. The van der Waals surface area contributed by atoms with Gasteiger partial charge in [-0.3, -0.25) is 4.99 Å². The molecule has 1 saturated heterocycles. The van der Waals surface area contributed by atoms with Crippen molar-refractivity contribution in [3.63, 3.8) is 0 Å². The highest BCUT2D eigenvalue weighted by molar-refractivity contribution is 7.99. The summed E-state index contributed by atoms with van der Waals surface area (Å²) in [6.45, 7) is 1.13. The highest BCUT2D eigenvalue weighted by Crippen LogP contribution is 2.27. The maximum Gasteiger partial charge on any atom is 0.193 e. The smallest absolute Gasteiger partial charge is 0.193 e. The van der Waals surface area contributed by atoms with Crippen LogP contribution in [0.2, 0.25) is 0 Å². The van der Waals surface area contributed by atoms with Crippen LogP contribution in [0, 0.1) is 0 Å². The first-order chi connectivity index (χ1) is 12.1. The molecule has 25 heavy (non-hydrogen) atoms. The van der Waals surface area contributed by atoms with Crippen LogP contribution in [0.15, 0.2) is 41.5 Å². The molecule has 0 aliphatic carbocycles. The van der Waals surface area contributed by atoms with Gasteiger partial charge in [0.05, 0.1) is 24.0 Å². The van der Waals surface area contributed by atoms with Crippen LogP contribution >= 0.6 is 11.8 Å². The van der Waals surface area contributed by atoms with Crippen LogP contribution in [0.4, 0.5) is 0 Å². The summed E-state index contributed by atoms with van der Waals surface area (Å²) in [4.78, 5) is 14.1. The molecule has 7 heteroatoms. The molecular weight excluding hydrogens is 334 g/mol. The summed E-state index contributed by atoms with van der Waals surface area (Å²) in [6, 6.07) is 10.1. The van der Waals surface area contributed by atoms with Gasteiger partial charge in [-0.1, -0.05) is 30.3 Å². The van der Waals surface area contributed by atoms with E-state index < -0.39 is 5.60 Å². The number of aliphatic imine (C=N–C) groups is 1. The zero-order valence-electron chi connectivity index (χ0n) is 14.7. The van der Waals surface area contributed by atoms with Gasteiger partial charge in [0.15, 0.2) is 5.96 Å². The zero-order chi connectivity index (χ0) is 17.7. The molecule has 1 aliphatic heterocycles. The molecule has 1 fully saturated rings. The first-order valence-corrected chi connectivity index (χ1v) is 9.56. The number of nitrogens with one attached hydrogen (secondary N) is 2. The molecule has 0 radical (unpaired) electrons. The van der Waals surface area contributed by atoms with Crippen LogP contribution in [-0.4, -0.2) is 63.7 Å². The van der Waals surface area contributed by atoms with Crippen LogP contribution in [0.5, 0.6) is 0 Å². The van der Waals surface area contributed by atoms with E-state index in [-0.39, 0.29) is 0 Å². The Morgan fingerprint density at radius 2 is 2.24 bits per heavy atom. The molecule has 1 aromatic carbocycles. The molecular formula is C18H25N5OS. The Labute approximate surface area is 152 Å². The lowest BCUT2D eigenvalue weighted by Gasteiger charge is -2.26. The maximum absolute atomic E-state index is 10.5. The van der Waals surface area contributed by atoms with Gasteiger partial charge in [0.1, 0.15) is 5.82 Å². The van der Waals surface area contributed by atoms with Gasteiger partial charge in [0.2, 0.25) is 0 Å². The van der Waals surface area contributed by atoms with E-state index >= 15 is 0 Å². The number of rotatable bonds is 5. The number of nitrogens with zero attached hydrogens (tertiary/aromatic N) is 3. The molecule has 2 heterocycles. The average Bonchev–Trinajstić information content (AvgIpc) is 3.26. The maximum atomic E-state index is 10.5. The van der Waals surface area contributed by atoms with E-state index in [4.69, 9.17) is 0 Å². The molecule has 1 unspecified atom stereocenters. The number of hydrogen-bond donors (Lipinski definition) is 3. The molecule has 2 aromatic rings. The van der Waals surface area contributed by atoms with Crippen molar-refractivity contribution in [3.8, 4) is 11.3 Å². The number of aromatic nitrogens is 2. The Bertz CT molecular complexity index is 709. The number of aromatic amines is 1. The summed E-state index contributed by atoms with van der Waals surface area (Å²) < 4.78 is 0. The van der Waals surface area contributed by atoms with Crippen molar-refractivity contribution in [2.45, 2.75) is 18.6 Å². The molecule has 0 bridgehead atoms. The minimum Gasteiger partial charge on any atom is -0.387 e. The summed E-state index contributed by atoms with van der Waals surface area (Å²) in [5, 5.41) is 13.7. The van der Waals surface area contributed by atoms with Crippen molar-refractivity contribution < 1.29 is 5.11 Å². The molecule has 0 spiro atoms. The van der Waals surface area contributed by atoms with Gasteiger partial charge in [-0.25, -0.2) is 4.98 Å². The average molecular weight is 359 g/mol. The number of benzene rings is 1. The fourth-order valence-electron chi connectivity index (χ4n) is 2.87. The van der Waals surface area contributed by atoms with Crippen LogP contribution in [0.1, 0.15) is 12.2 Å². The van der Waals surface area contributed by atoms with E-state index in [9.17, 15) is 5.11 Å². The van der Waals surface area contributed by atoms with E-state index in [1.165, 1.54) is 0 Å². The second kappa shape index (κ2) is 7.93. The number of imidazole rings is 1. The van der Waals surface area contributed by atoms with E-state index in [0.717, 1.165) is 41.0 Å². The molecule has 6 nitrogen and oxygen atoms in total. The molecule has 1 aliphatic rings. The summed E-state index contributed by atoms with van der Waals surface area (Å²) in [5.74, 6) is 3.42. The molecule has 1 aromatic heterocycles. The number of aliphatic hydroxyl groups is 1. The summed E-state index contributed by atoms with van der Waals surface area (Å²) in [6.07, 6.45) is 2.68. The third-order valence-electron chi connectivity index (χ3n) is 4.33. The topological polar surface area (TPSA) is 76.5 Å². The Balaban J connectivity index is 1.59. The third-order valence-corrected chi connectivity index (χ3v) is 5.57. The van der Waals surface area contributed by atoms with Crippen molar-refractivity contribution >= 4 is 17.7 Å². The first-order valence-electron chi connectivity index (χ1n) is 8.41. The fourth-order valence-corrected chi connectivity index (χ4v) is 4.17. The quantitative estimate of drug-likeness (QED) is 0.562. The SMILES string of the molecule is CN=C(NCC1(O)CCSC1)N(C)Cc1ncc(-c2ccccc2)[nH]1. The Morgan fingerprint density at radius 1 is 1.44 bits per heavy atom. The summed E-state index contributed by atoms with van der Waals surface area (Å²) >= 11 is 1.79. The van der Waals surface area contributed by atoms with Crippen molar-refractivity contribution in [1.29, 1.82) is 0 Å². The molecule has 3 rings (SSSR count). The molecule has 0 saturated carbocycles. The predicted molar refractivity (Wildman–Crippen MR) is 104 cm³/mol. The van der Waals surface area contributed by atoms with Crippen LogP contribution in [-0.2, 0) is 6.54 Å². The first kappa shape index (κ1) is 17.8. The van der Waals surface area contributed by atoms with E-state index in [1.807, 2.05) is 36.3 Å². The largest absolute Gasteiger partial charge is 0.387 e. The second-order valence-electron chi connectivity index (χ2n) is 6.39. The minimum absolute atomic E-state index is 0.518. The Hall–Kier alpha value is -1.99. The molecule has 134 valence electrons. The van der Waals surface area contributed by atoms with Crippen molar-refractivity contribution in [2.24, 2.45) is 4.99 Å². The third kappa shape index (κ3) is 4.55. The lowest BCUT2D eigenvalue weighted by Crippen LogP contribution is -2.47. The van der Waals surface area contributed by atoms with Gasteiger partial charge in [0, 0.05) is 26.4 Å². The van der Waals surface area contributed by atoms with Gasteiger partial charge in [-0.15, -0.1) is 0 Å².